The first kappa shape index (κ1) is 17.1. The molecule has 0 atom stereocenters. The number of aromatic nitrogens is 1. The predicted molar refractivity (Wildman–Crippen MR) is 103 cm³/mol. The van der Waals surface area contributed by atoms with Crippen molar-refractivity contribution in [3.63, 3.8) is 0 Å². The number of carbonyl (C=O) groups is 1. The van der Waals surface area contributed by atoms with Gasteiger partial charge in [0.1, 0.15) is 28.6 Å². The summed E-state index contributed by atoms with van der Waals surface area (Å²) >= 11 is 0. The lowest BCUT2D eigenvalue weighted by atomic mass is 10.1. The molecule has 138 valence electrons. The highest BCUT2D eigenvalue weighted by atomic mass is 16.5. The van der Waals surface area contributed by atoms with Crippen LogP contribution in [0, 0.1) is 0 Å². The van der Waals surface area contributed by atoms with Gasteiger partial charge in [0.05, 0.1) is 26.8 Å². The average molecular weight is 364 g/mol. The van der Waals surface area contributed by atoms with E-state index < -0.39 is 0 Å². The standard InChI is InChI=1S/C21H20N2O4/c1-25-15-8-7-13-11-14-9-10-23(20(14)22-16(13)12-15)21(24)19-17(26-2)5-4-6-18(19)27-3/h4-8,11-12H,9-10H2,1-3H3. The Bertz CT molecular complexity index is 1010. The summed E-state index contributed by atoms with van der Waals surface area (Å²) in [5.41, 5.74) is 2.25. The zero-order valence-electron chi connectivity index (χ0n) is 15.5. The quantitative estimate of drug-likeness (QED) is 0.709. The number of anilines is 1. The summed E-state index contributed by atoms with van der Waals surface area (Å²) in [5.74, 6) is 2.19. The minimum absolute atomic E-state index is 0.183. The Kier molecular flexibility index (Phi) is 4.32. The number of carbonyl (C=O) groups excluding carboxylic acids is 1. The lowest BCUT2D eigenvalue weighted by molar-refractivity contribution is 0.0982. The molecule has 1 aromatic heterocycles. The lowest BCUT2D eigenvalue weighted by Gasteiger charge is -2.20. The number of ether oxygens (including phenoxy) is 3. The Labute approximate surface area is 157 Å². The highest BCUT2D eigenvalue weighted by Gasteiger charge is 2.31. The second kappa shape index (κ2) is 6.79. The van der Waals surface area contributed by atoms with Gasteiger partial charge in [0.15, 0.2) is 0 Å². The van der Waals surface area contributed by atoms with Crippen molar-refractivity contribution in [2.24, 2.45) is 0 Å². The molecule has 3 aromatic rings. The van der Waals surface area contributed by atoms with E-state index >= 15 is 0 Å². The fourth-order valence-electron chi connectivity index (χ4n) is 3.46. The van der Waals surface area contributed by atoms with Gasteiger partial charge in [0.25, 0.3) is 5.91 Å². The number of benzene rings is 2. The van der Waals surface area contributed by atoms with Crippen molar-refractivity contribution >= 4 is 22.6 Å². The monoisotopic (exact) mass is 364 g/mol. The fourth-order valence-corrected chi connectivity index (χ4v) is 3.46. The Hall–Kier alpha value is -3.28. The highest BCUT2D eigenvalue weighted by Crippen LogP contribution is 2.35. The zero-order chi connectivity index (χ0) is 19.0. The molecule has 2 aromatic carbocycles. The van der Waals surface area contributed by atoms with Crippen LogP contribution in [0.4, 0.5) is 5.82 Å². The SMILES string of the molecule is COc1ccc2cc3c(nc2c1)N(C(=O)c1c(OC)cccc1OC)CC3. The Morgan fingerprint density at radius 1 is 1.00 bits per heavy atom. The van der Waals surface area contributed by atoms with Crippen LogP contribution in [0.3, 0.4) is 0 Å². The van der Waals surface area contributed by atoms with Crippen molar-refractivity contribution in [2.75, 3.05) is 32.8 Å². The molecule has 2 heterocycles. The van der Waals surface area contributed by atoms with Gasteiger partial charge in [0, 0.05) is 18.0 Å². The van der Waals surface area contributed by atoms with Crippen LogP contribution >= 0.6 is 0 Å². The van der Waals surface area contributed by atoms with Crippen molar-refractivity contribution in [1.29, 1.82) is 0 Å². The second-order valence-corrected chi connectivity index (χ2v) is 6.27. The van der Waals surface area contributed by atoms with Crippen molar-refractivity contribution < 1.29 is 19.0 Å². The molecule has 0 aliphatic carbocycles. The van der Waals surface area contributed by atoms with Crippen molar-refractivity contribution in [3.05, 3.63) is 53.6 Å². The van der Waals surface area contributed by atoms with E-state index in [-0.39, 0.29) is 5.91 Å². The molecule has 27 heavy (non-hydrogen) atoms. The predicted octanol–water partition coefficient (Wildman–Crippen LogP) is 3.46. The van der Waals surface area contributed by atoms with Crippen LogP contribution in [0.25, 0.3) is 10.9 Å². The van der Waals surface area contributed by atoms with Gasteiger partial charge >= 0.3 is 0 Å². The Morgan fingerprint density at radius 2 is 1.74 bits per heavy atom. The van der Waals surface area contributed by atoms with E-state index in [4.69, 9.17) is 19.2 Å². The number of methoxy groups -OCH3 is 3. The van der Waals surface area contributed by atoms with Crippen LogP contribution in [0.5, 0.6) is 17.2 Å². The first-order valence-electron chi connectivity index (χ1n) is 8.66. The zero-order valence-corrected chi connectivity index (χ0v) is 15.5. The maximum Gasteiger partial charge on any atom is 0.267 e. The van der Waals surface area contributed by atoms with Gasteiger partial charge in [-0.15, -0.1) is 0 Å². The molecule has 0 unspecified atom stereocenters. The van der Waals surface area contributed by atoms with Crippen LogP contribution in [0.1, 0.15) is 15.9 Å². The van der Waals surface area contributed by atoms with E-state index in [1.807, 2.05) is 18.2 Å². The molecule has 0 saturated carbocycles. The molecule has 0 N–H and O–H groups in total. The molecule has 1 aliphatic rings. The normalized spacial score (nSPS) is 12.8. The van der Waals surface area contributed by atoms with Gasteiger partial charge in [-0.1, -0.05) is 6.07 Å². The third-order valence-electron chi connectivity index (χ3n) is 4.83. The molecule has 6 heteroatoms. The summed E-state index contributed by atoms with van der Waals surface area (Å²) in [7, 11) is 4.71. The van der Waals surface area contributed by atoms with Crippen molar-refractivity contribution in [3.8, 4) is 17.2 Å². The van der Waals surface area contributed by atoms with Gasteiger partial charge in [-0.3, -0.25) is 9.69 Å². The maximum absolute atomic E-state index is 13.3. The van der Waals surface area contributed by atoms with E-state index in [2.05, 4.69) is 6.07 Å². The smallest absolute Gasteiger partial charge is 0.267 e. The summed E-state index contributed by atoms with van der Waals surface area (Å²) in [4.78, 5) is 19.8. The van der Waals surface area contributed by atoms with Crippen molar-refractivity contribution in [2.45, 2.75) is 6.42 Å². The number of rotatable bonds is 4. The van der Waals surface area contributed by atoms with Crippen LogP contribution < -0.4 is 19.1 Å². The van der Waals surface area contributed by atoms with E-state index in [1.165, 1.54) is 0 Å². The number of hydrogen-bond acceptors (Lipinski definition) is 5. The van der Waals surface area contributed by atoms with Crippen molar-refractivity contribution in [1.82, 2.24) is 4.98 Å². The topological polar surface area (TPSA) is 60.9 Å². The second-order valence-electron chi connectivity index (χ2n) is 6.27. The van der Waals surface area contributed by atoms with E-state index in [1.54, 1.807) is 44.4 Å². The molecule has 4 rings (SSSR count). The first-order valence-corrected chi connectivity index (χ1v) is 8.66. The third kappa shape index (κ3) is 2.83. The highest BCUT2D eigenvalue weighted by molar-refractivity contribution is 6.10. The molecule has 0 saturated heterocycles. The maximum atomic E-state index is 13.3. The van der Waals surface area contributed by atoms with Gasteiger partial charge in [-0.25, -0.2) is 4.98 Å². The molecule has 0 spiro atoms. The molecule has 6 nitrogen and oxygen atoms in total. The van der Waals surface area contributed by atoms with Crippen LogP contribution in [0.2, 0.25) is 0 Å². The summed E-state index contributed by atoms with van der Waals surface area (Å²) in [6, 6.07) is 13.2. The van der Waals surface area contributed by atoms with Gasteiger partial charge < -0.3 is 14.2 Å². The van der Waals surface area contributed by atoms with E-state index in [0.717, 1.165) is 28.6 Å². The summed E-state index contributed by atoms with van der Waals surface area (Å²) in [6.45, 7) is 0.565. The van der Waals surface area contributed by atoms with Crippen LogP contribution in [-0.4, -0.2) is 38.8 Å². The summed E-state index contributed by atoms with van der Waals surface area (Å²) < 4.78 is 16.1. The van der Waals surface area contributed by atoms with Gasteiger partial charge in [-0.2, -0.15) is 0 Å². The lowest BCUT2D eigenvalue weighted by Crippen LogP contribution is -2.30. The number of nitrogens with zero attached hydrogens (tertiary/aromatic N) is 2. The first-order chi connectivity index (χ1) is 13.2. The number of fused-ring (bicyclic) bond motifs is 2. The van der Waals surface area contributed by atoms with Crippen LogP contribution in [-0.2, 0) is 6.42 Å². The molecule has 0 bridgehead atoms. The van der Waals surface area contributed by atoms with Crippen LogP contribution in [0.15, 0.2) is 42.5 Å². The number of pyridine rings is 1. The largest absolute Gasteiger partial charge is 0.497 e. The Balaban J connectivity index is 1.80. The van der Waals surface area contributed by atoms with E-state index in [9.17, 15) is 4.79 Å². The molecule has 0 radical (unpaired) electrons. The summed E-state index contributed by atoms with van der Waals surface area (Å²) in [5, 5.41) is 1.03. The Morgan fingerprint density at radius 3 is 2.41 bits per heavy atom. The molecule has 0 fully saturated rings. The number of hydrogen-bond donors (Lipinski definition) is 0. The third-order valence-corrected chi connectivity index (χ3v) is 4.83. The van der Waals surface area contributed by atoms with Gasteiger partial charge in [0.2, 0.25) is 0 Å². The average Bonchev–Trinajstić information content (AvgIpc) is 3.13. The minimum Gasteiger partial charge on any atom is -0.497 e. The minimum atomic E-state index is -0.183. The van der Waals surface area contributed by atoms with Gasteiger partial charge in [-0.05, 0) is 42.3 Å². The molecular weight excluding hydrogens is 344 g/mol. The number of amides is 1. The summed E-state index contributed by atoms with van der Waals surface area (Å²) in [6.07, 6.45) is 0.757. The van der Waals surface area contributed by atoms with E-state index in [0.29, 0.717) is 29.4 Å². The molecule has 1 aliphatic heterocycles. The molecular formula is C21H20N2O4. The fraction of sp³-hybridized carbons (Fsp3) is 0.238. The molecule has 1 amide bonds.